The molecule has 82 valence electrons. The summed E-state index contributed by atoms with van der Waals surface area (Å²) in [5.74, 6) is -1.47. The van der Waals surface area contributed by atoms with Crippen LogP contribution in [0.1, 0.15) is 19.8 Å². The molecule has 2 aliphatic rings. The fraction of sp³-hybridized carbons (Fsp3) is 0.636. The Kier molecular flexibility index (Phi) is 2.29. The standard InChI is InChI=1S/C11H15NO3/c1-2-11-7(6-12-10(11)15)4-3-5-8(11)9(13)14/h3-4,7-8H,2,5-6H2,1H3,(H,12,15)(H,13,14). The van der Waals surface area contributed by atoms with Gasteiger partial charge in [-0.3, -0.25) is 9.59 Å². The van der Waals surface area contributed by atoms with Crippen molar-refractivity contribution in [3.8, 4) is 0 Å². The molecule has 0 spiro atoms. The normalized spacial score (nSPS) is 38.6. The number of carbonyl (C=O) groups excluding carboxylic acids is 1. The van der Waals surface area contributed by atoms with Gasteiger partial charge in [0.15, 0.2) is 0 Å². The maximum absolute atomic E-state index is 11.9. The second-order valence-electron chi connectivity index (χ2n) is 4.27. The SMILES string of the molecule is CCC12C(=O)NCC1C=CCC2C(=O)O. The first-order valence-electron chi connectivity index (χ1n) is 5.30. The minimum atomic E-state index is -0.858. The van der Waals surface area contributed by atoms with Gasteiger partial charge in [-0.25, -0.2) is 0 Å². The second-order valence-corrected chi connectivity index (χ2v) is 4.27. The molecule has 0 aromatic carbocycles. The highest BCUT2D eigenvalue weighted by atomic mass is 16.4. The van der Waals surface area contributed by atoms with Crippen LogP contribution >= 0.6 is 0 Å². The van der Waals surface area contributed by atoms with Crippen LogP contribution in [0.3, 0.4) is 0 Å². The van der Waals surface area contributed by atoms with Gasteiger partial charge >= 0.3 is 5.97 Å². The van der Waals surface area contributed by atoms with Gasteiger partial charge in [-0.2, -0.15) is 0 Å². The van der Waals surface area contributed by atoms with E-state index in [2.05, 4.69) is 5.32 Å². The highest BCUT2D eigenvalue weighted by molar-refractivity contribution is 5.91. The largest absolute Gasteiger partial charge is 0.481 e. The van der Waals surface area contributed by atoms with E-state index in [-0.39, 0.29) is 11.8 Å². The van der Waals surface area contributed by atoms with E-state index in [0.717, 1.165) is 0 Å². The van der Waals surface area contributed by atoms with Gasteiger partial charge in [0, 0.05) is 12.5 Å². The summed E-state index contributed by atoms with van der Waals surface area (Å²) in [4.78, 5) is 23.1. The molecule has 1 saturated heterocycles. The molecule has 1 amide bonds. The lowest BCUT2D eigenvalue weighted by molar-refractivity contribution is -0.153. The summed E-state index contributed by atoms with van der Waals surface area (Å²) in [6.45, 7) is 2.47. The Morgan fingerprint density at radius 2 is 2.47 bits per heavy atom. The lowest BCUT2D eigenvalue weighted by atomic mass is 9.62. The number of carboxylic acid groups (broad SMARTS) is 1. The van der Waals surface area contributed by atoms with Crippen molar-refractivity contribution in [1.29, 1.82) is 0 Å². The first-order valence-corrected chi connectivity index (χ1v) is 5.30. The molecule has 4 nitrogen and oxygen atoms in total. The summed E-state index contributed by atoms with van der Waals surface area (Å²) >= 11 is 0. The Morgan fingerprint density at radius 1 is 1.73 bits per heavy atom. The van der Waals surface area contributed by atoms with Crippen LogP contribution in [0.25, 0.3) is 0 Å². The smallest absolute Gasteiger partial charge is 0.307 e. The van der Waals surface area contributed by atoms with Gasteiger partial charge in [0.05, 0.1) is 11.3 Å². The van der Waals surface area contributed by atoms with Gasteiger partial charge < -0.3 is 10.4 Å². The number of amides is 1. The van der Waals surface area contributed by atoms with Crippen LogP contribution in [-0.4, -0.2) is 23.5 Å². The molecule has 4 heteroatoms. The zero-order chi connectivity index (χ0) is 11.1. The molecule has 2 N–H and O–H groups in total. The first-order chi connectivity index (χ1) is 7.13. The first kappa shape index (κ1) is 10.2. The molecule has 0 radical (unpaired) electrons. The number of rotatable bonds is 2. The molecule has 0 aromatic heterocycles. The van der Waals surface area contributed by atoms with E-state index in [1.165, 1.54) is 0 Å². The van der Waals surface area contributed by atoms with Crippen LogP contribution in [0.5, 0.6) is 0 Å². The summed E-state index contributed by atoms with van der Waals surface area (Å²) in [5, 5.41) is 12.0. The molecular formula is C11H15NO3. The fourth-order valence-corrected chi connectivity index (χ4v) is 2.95. The van der Waals surface area contributed by atoms with Crippen molar-refractivity contribution in [2.45, 2.75) is 19.8 Å². The Hall–Kier alpha value is -1.32. The summed E-state index contributed by atoms with van der Waals surface area (Å²) < 4.78 is 0. The van der Waals surface area contributed by atoms with Crippen molar-refractivity contribution < 1.29 is 14.7 Å². The third-order valence-electron chi connectivity index (χ3n) is 3.81. The molecule has 3 atom stereocenters. The molecule has 1 aliphatic carbocycles. The van der Waals surface area contributed by atoms with Crippen molar-refractivity contribution in [1.82, 2.24) is 5.32 Å². The van der Waals surface area contributed by atoms with E-state index in [0.29, 0.717) is 19.4 Å². The maximum Gasteiger partial charge on any atom is 0.307 e. The van der Waals surface area contributed by atoms with Crippen LogP contribution in [0.2, 0.25) is 0 Å². The number of carbonyl (C=O) groups is 2. The number of hydrogen-bond acceptors (Lipinski definition) is 2. The predicted molar refractivity (Wildman–Crippen MR) is 54.1 cm³/mol. The van der Waals surface area contributed by atoms with E-state index in [9.17, 15) is 14.7 Å². The molecular weight excluding hydrogens is 194 g/mol. The Morgan fingerprint density at radius 3 is 3.07 bits per heavy atom. The maximum atomic E-state index is 11.9. The second kappa shape index (κ2) is 3.36. The molecule has 2 rings (SSSR count). The third kappa shape index (κ3) is 1.20. The number of carboxylic acids is 1. The van der Waals surface area contributed by atoms with Crippen LogP contribution in [0.4, 0.5) is 0 Å². The highest BCUT2D eigenvalue weighted by Crippen LogP contribution is 2.48. The van der Waals surface area contributed by atoms with E-state index >= 15 is 0 Å². The number of allylic oxidation sites excluding steroid dienone is 1. The lowest BCUT2D eigenvalue weighted by Gasteiger charge is -2.37. The summed E-state index contributed by atoms with van der Waals surface area (Å²) in [6.07, 6.45) is 4.93. The van der Waals surface area contributed by atoms with E-state index in [1.807, 2.05) is 19.1 Å². The zero-order valence-electron chi connectivity index (χ0n) is 8.69. The molecule has 15 heavy (non-hydrogen) atoms. The van der Waals surface area contributed by atoms with Crippen molar-refractivity contribution in [2.75, 3.05) is 6.54 Å². The zero-order valence-corrected chi connectivity index (χ0v) is 8.69. The topological polar surface area (TPSA) is 66.4 Å². The van der Waals surface area contributed by atoms with Crippen molar-refractivity contribution in [2.24, 2.45) is 17.3 Å². The summed E-state index contributed by atoms with van der Waals surface area (Å²) in [5.41, 5.74) is -0.708. The molecule has 1 aliphatic heterocycles. The number of hydrogen-bond donors (Lipinski definition) is 2. The summed E-state index contributed by atoms with van der Waals surface area (Å²) in [7, 11) is 0. The van der Waals surface area contributed by atoms with Crippen molar-refractivity contribution in [3.05, 3.63) is 12.2 Å². The summed E-state index contributed by atoms with van der Waals surface area (Å²) in [6, 6.07) is 0. The van der Waals surface area contributed by atoms with Crippen molar-refractivity contribution >= 4 is 11.9 Å². The van der Waals surface area contributed by atoms with E-state index < -0.39 is 17.3 Å². The van der Waals surface area contributed by atoms with E-state index in [4.69, 9.17) is 0 Å². The average molecular weight is 209 g/mol. The number of nitrogens with one attached hydrogen (secondary N) is 1. The quantitative estimate of drug-likeness (QED) is 0.661. The number of aliphatic carboxylic acids is 1. The Labute approximate surface area is 88.4 Å². The molecule has 0 aromatic rings. The molecule has 1 fully saturated rings. The Balaban J connectivity index is 2.46. The van der Waals surface area contributed by atoms with Gasteiger partial charge in [0.25, 0.3) is 0 Å². The molecule has 0 bridgehead atoms. The highest BCUT2D eigenvalue weighted by Gasteiger charge is 2.56. The fourth-order valence-electron chi connectivity index (χ4n) is 2.95. The lowest BCUT2D eigenvalue weighted by Crippen LogP contribution is -2.46. The van der Waals surface area contributed by atoms with Crippen LogP contribution in [0.15, 0.2) is 12.2 Å². The van der Waals surface area contributed by atoms with Gasteiger partial charge in [-0.1, -0.05) is 19.1 Å². The average Bonchev–Trinajstić information content (AvgIpc) is 2.56. The number of fused-ring (bicyclic) bond motifs is 1. The molecule has 3 unspecified atom stereocenters. The van der Waals surface area contributed by atoms with Crippen LogP contribution < -0.4 is 5.32 Å². The minimum absolute atomic E-state index is 0.0462. The van der Waals surface area contributed by atoms with Gasteiger partial charge in [-0.15, -0.1) is 0 Å². The van der Waals surface area contributed by atoms with Gasteiger partial charge in [0.1, 0.15) is 0 Å². The van der Waals surface area contributed by atoms with Gasteiger partial charge in [0.2, 0.25) is 5.91 Å². The Bertz CT molecular complexity index is 337. The van der Waals surface area contributed by atoms with Crippen LogP contribution in [-0.2, 0) is 9.59 Å². The van der Waals surface area contributed by atoms with Crippen molar-refractivity contribution in [3.63, 3.8) is 0 Å². The van der Waals surface area contributed by atoms with Crippen LogP contribution in [0, 0.1) is 17.3 Å². The monoisotopic (exact) mass is 209 g/mol. The van der Waals surface area contributed by atoms with Gasteiger partial charge in [-0.05, 0) is 12.8 Å². The predicted octanol–water partition coefficient (Wildman–Crippen LogP) is 0.790. The molecule has 1 heterocycles. The molecule has 0 saturated carbocycles. The van der Waals surface area contributed by atoms with E-state index in [1.54, 1.807) is 0 Å². The third-order valence-corrected chi connectivity index (χ3v) is 3.81. The minimum Gasteiger partial charge on any atom is -0.481 e.